The Hall–Kier alpha value is -2.58. The van der Waals surface area contributed by atoms with E-state index in [2.05, 4.69) is 4.72 Å². The van der Waals surface area contributed by atoms with Gasteiger partial charge in [-0.15, -0.1) is 0 Å². The molecular formula is C19H21NO6S. The molecule has 0 fully saturated rings. The van der Waals surface area contributed by atoms with Gasteiger partial charge in [0.05, 0.1) is 4.90 Å². The summed E-state index contributed by atoms with van der Waals surface area (Å²) >= 11 is 0. The molecule has 7 nitrogen and oxygen atoms in total. The molecule has 2 aromatic rings. The maximum absolute atomic E-state index is 12.9. The SMILES string of the molecule is Cc1cc2c(cc1S(=O)(=O)NC(CCC(=O)O)Cc1ccccc1)OCO2. The maximum atomic E-state index is 12.9. The molecule has 27 heavy (non-hydrogen) atoms. The fourth-order valence-corrected chi connectivity index (χ4v) is 4.51. The van der Waals surface area contributed by atoms with E-state index >= 15 is 0 Å². The lowest BCUT2D eigenvalue weighted by Gasteiger charge is -2.19. The van der Waals surface area contributed by atoms with Gasteiger partial charge in [-0.3, -0.25) is 4.79 Å². The van der Waals surface area contributed by atoms with Crippen molar-refractivity contribution in [3.63, 3.8) is 0 Å². The second-order valence-corrected chi connectivity index (χ2v) is 8.09. The molecule has 0 aromatic heterocycles. The fraction of sp³-hybridized carbons (Fsp3) is 0.316. The van der Waals surface area contributed by atoms with E-state index in [-0.39, 0.29) is 24.5 Å². The van der Waals surface area contributed by atoms with Crippen LogP contribution in [0.25, 0.3) is 0 Å². The molecule has 0 aliphatic carbocycles. The normalized spacial score (nSPS) is 14.1. The van der Waals surface area contributed by atoms with Crippen LogP contribution in [0.3, 0.4) is 0 Å². The van der Waals surface area contributed by atoms with Gasteiger partial charge in [0, 0.05) is 18.5 Å². The smallest absolute Gasteiger partial charge is 0.303 e. The van der Waals surface area contributed by atoms with Crippen molar-refractivity contribution in [1.29, 1.82) is 0 Å². The van der Waals surface area contributed by atoms with Crippen LogP contribution in [-0.4, -0.2) is 32.3 Å². The monoisotopic (exact) mass is 391 g/mol. The van der Waals surface area contributed by atoms with E-state index in [0.29, 0.717) is 23.5 Å². The summed E-state index contributed by atoms with van der Waals surface area (Å²) in [5, 5.41) is 8.99. The van der Waals surface area contributed by atoms with Gasteiger partial charge in [-0.1, -0.05) is 30.3 Å². The number of carboxylic acid groups (broad SMARTS) is 1. The Morgan fingerprint density at radius 3 is 2.52 bits per heavy atom. The predicted molar refractivity (Wildman–Crippen MR) is 98.4 cm³/mol. The summed E-state index contributed by atoms with van der Waals surface area (Å²) in [6, 6.07) is 11.9. The third-order valence-electron chi connectivity index (χ3n) is 4.31. The second kappa shape index (κ2) is 7.98. The van der Waals surface area contributed by atoms with Crippen molar-refractivity contribution in [2.24, 2.45) is 0 Å². The summed E-state index contributed by atoms with van der Waals surface area (Å²) in [6.45, 7) is 1.74. The number of sulfonamides is 1. The van der Waals surface area contributed by atoms with Crippen LogP contribution in [0.4, 0.5) is 0 Å². The zero-order chi connectivity index (χ0) is 19.4. The Morgan fingerprint density at radius 2 is 1.85 bits per heavy atom. The van der Waals surface area contributed by atoms with Crippen LogP contribution in [0, 0.1) is 6.92 Å². The number of hydrogen-bond donors (Lipinski definition) is 2. The topological polar surface area (TPSA) is 102 Å². The number of carboxylic acids is 1. The van der Waals surface area contributed by atoms with Crippen molar-refractivity contribution in [2.75, 3.05) is 6.79 Å². The Balaban J connectivity index is 1.84. The molecule has 1 heterocycles. The van der Waals surface area contributed by atoms with Crippen molar-refractivity contribution in [3.8, 4) is 11.5 Å². The Bertz CT molecular complexity index is 927. The number of benzene rings is 2. The Kier molecular flexibility index (Phi) is 5.67. The number of fused-ring (bicyclic) bond motifs is 1. The van der Waals surface area contributed by atoms with Crippen LogP contribution in [-0.2, 0) is 21.2 Å². The first-order valence-electron chi connectivity index (χ1n) is 8.53. The predicted octanol–water partition coefficient (Wildman–Crippen LogP) is 2.48. The van der Waals surface area contributed by atoms with Crippen LogP contribution in [0.15, 0.2) is 47.4 Å². The number of hydrogen-bond acceptors (Lipinski definition) is 5. The van der Waals surface area contributed by atoms with Gasteiger partial charge >= 0.3 is 5.97 Å². The molecule has 2 N–H and O–H groups in total. The van der Waals surface area contributed by atoms with Gasteiger partial charge in [-0.05, 0) is 37.0 Å². The molecule has 2 aromatic carbocycles. The molecule has 144 valence electrons. The quantitative estimate of drug-likeness (QED) is 0.717. The number of aryl methyl sites for hydroxylation is 1. The maximum Gasteiger partial charge on any atom is 0.303 e. The minimum Gasteiger partial charge on any atom is -0.481 e. The molecule has 0 bridgehead atoms. The average molecular weight is 391 g/mol. The van der Waals surface area contributed by atoms with Crippen molar-refractivity contribution in [3.05, 3.63) is 53.6 Å². The second-order valence-electron chi connectivity index (χ2n) is 6.41. The molecule has 1 atom stereocenters. The van der Waals surface area contributed by atoms with Gasteiger partial charge in [0.25, 0.3) is 0 Å². The van der Waals surface area contributed by atoms with Crippen LogP contribution in [0.1, 0.15) is 24.0 Å². The molecule has 0 radical (unpaired) electrons. The zero-order valence-corrected chi connectivity index (χ0v) is 15.7. The largest absolute Gasteiger partial charge is 0.481 e. The molecule has 1 aliphatic rings. The number of nitrogens with one attached hydrogen (secondary N) is 1. The highest BCUT2D eigenvalue weighted by molar-refractivity contribution is 7.89. The molecule has 1 aliphatic heterocycles. The van der Waals surface area contributed by atoms with Crippen LogP contribution < -0.4 is 14.2 Å². The van der Waals surface area contributed by atoms with Crippen molar-refractivity contribution >= 4 is 16.0 Å². The lowest BCUT2D eigenvalue weighted by atomic mass is 10.0. The standard InChI is InChI=1S/C19H21NO6S/c1-13-9-16-17(26-12-25-16)11-18(13)27(23,24)20-15(7-8-19(21)22)10-14-5-3-2-4-6-14/h2-6,9,11,15,20H,7-8,10,12H2,1H3,(H,21,22). The van der Waals surface area contributed by atoms with Gasteiger partial charge < -0.3 is 14.6 Å². The van der Waals surface area contributed by atoms with E-state index in [1.807, 2.05) is 30.3 Å². The van der Waals surface area contributed by atoms with E-state index in [1.54, 1.807) is 13.0 Å². The molecule has 0 saturated carbocycles. The van der Waals surface area contributed by atoms with Gasteiger partial charge in [-0.25, -0.2) is 13.1 Å². The van der Waals surface area contributed by atoms with Crippen LogP contribution in [0.5, 0.6) is 11.5 Å². The highest BCUT2D eigenvalue weighted by Crippen LogP contribution is 2.36. The van der Waals surface area contributed by atoms with Gasteiger partial charge in [0.2, 0.25) is 16.8 Å². The van der Waals surface area contributed by atoms with Gasteiger partial charge in [-0.2, -0.15) is 0 Å². The number of rotatable bonds is 8. The summed E-state index contributed by atoms with van der Waals surface area (Å²) in [6.07, 6.45) is 0.462. The third-order valence-corrected chi connectivity index (χ3v) is 5.98. The van der Waals surface area contributed by atoms with E-state index in [4.69, 9.17) is 14.6 Å². The minimum absolute atomic E-state index is 0.0565. The summed E-state index contributed by atoms with van der Waals surface area (Å²) in [4.78, 5) is 11.1. The van der Waals surface area contributed by atoms with Crippen molar-refractivity contribution in [2.45, 2.75) is 37.1 Å². The van der Waals surface area contributed by atoms with Crippen molar-refractivity contribution < 1.29 is 27.8 Å². The molecule has 3 rings (SSSR count). The van der Waals surface area contributed by atoms with Gasteiger partial charge in [0.15, 0.2) is 11.5 Å². The summed E-state index contributed by atoms with van der Waals surface area (Å²) < 4.78 is 39.1. The molecule has 8 heteroatoms. The molecule has 0 saturated heterocycles. The summed E-state index contributed by atoms with van der Waals surface area (Å²) in [7, 11) is -3.86. The first-order chi connectivity index (χ1) is 12.8. The first kappa shape index (κ1) is 19.2. The highest BCUT2D eigenvalue weighted by atomic mass is 32.2. The fourth-order valence-electron chi connectivity index (χ4n) is 3.00. The van der Waals surface area contributed by atoms with E-state index in [1.165, 1.54) is 6.07 Å². The number of aliphatic carboxylic acids is 1. The summed E-state index contributed by atoms with van der Waals surface area (Å²) in [5.41, 5.74) is 1.46. The van der Waals surface area contributed by atoms with Crippen LogP contribution in [0.2, 0.25) is 0 Å². The Labute approximate surface area is 158 Å². The van der Waals surface area contributed by atoms with Gasteiger partial charge in [0.1, 0.15) is 0 Å². The van der Waals surface area contributed by atoms with Crippen molar-refractivity contribution in [1.82, 2.24) is 4.72 Å². The molecular weight excluding hydrogens is 370 g/mol. The number of carbonyl (C=O) groups is 1. The molecule has 1 unspecified atom stereocenters. The molecule has 0 spiro atoms. The zero-order valence-electron chi connectivity index (χ0n) is 14.8. The van der Waals surface area contributed by atoms with E-state index < -0.39 is 22.0 Å². The van der Waals surface area contributed by atoms with Crippen LogP contribution >= 0.6 is 0 Å². The highest BCUT2D eigenvalue weighted by Gasteiger charge is 2.26. The lowest BCUT2D eigenvalue weighted by molar-refractivity contribution is -0.137. The number of ether oxygens (including phenoxy) is 2. The lowest BCUT2D eigenvalue weighted by Crippen LogP contribution is -2.37. The third kappa shape index (κ3) is 4.78. The molecule has 0 amide bonds. The minimum atomic E-state index is -3.86. The van der Waals surface area contributed by atoms with E-state index in [0.717, 1.165) is 5.56 Å². The van der Waals surface area contributed by atoms with E-state index in [9.17, 15) is 13.2 Å². The first-order valence-corrected chi connectivity index (χ1v) is 10.0. The summed E-state index contributed by atoms with van der Waals surface area (Å²) in [5.74, 6) is -0.0733. The average Bonchev–Trinajstić information content (AvgIpc) is 3.06. The Morgan fingerprint density at radius 1 is 1.19 bits per heavy atom.